The van der Waals surface area contributed by atoms with Crippen LogP contribution >= 0.6 is 0 Å². The Morgan fingerprint density at radius 2 is 2.00 bits per heavy atom. The van der Waals surface area contributed by atoms with E-state index in [0.29, 0.717) is 31.9 Å². The lowest BCUT2D eigenvalue weighted by molar-refractivity contribution is -0.123. The van der Waals surface area contributed by atoms with Crippen LogP contribution in [-0.2, 0) is 4.79 Å². The van der Waals surface area contributed by atoms with E-state index in [2.05, 4.69) is 20.6 Å². The Kier molecular flexibility index (Phi) is 7.95. The molecule has 2 heterocycles. The molecule has 0 aromatic carbocycles. The van der Waals surface area contributed by atoms with Crippen LogP contribution < -0.4 is 15.5 Å². The van der Waals surface area contributed by atoms with E-state index in [1.807, 2.05) is 45.0 Å². The SMILES string of the molecule is CC(C)C[C@H](NC(=O)N1CC=C(c2cnc(N(C)C)nc2)CC1)C(=O)NCC#N. The topological polar surface area (TPSA) is 114 Å². The maximum absolute atomic E-state index is 12.6. The van der Waals surface area contributed by atoms with E-state index in [9.17, 15) is 9.59 Å². The summed E-state index contributed by atoms with van der Waals surface area (Å²) in [5.74, 6) is 0.545. The molecule has 1 atom stereocenters. The van der Waals surface area contributed by atoms with Crippen molar-refractivity contribution in [3.8, 4) is 6.07 Å². The van der Waals surface area contributed by atoms with E-state index in [1.165, 1.54) is 0 Å². The summed E-state index contributed by atoms with van der Waals surface area (Å²) in [6.07, 6.45) is 6.77. The van der Waals surface area contributed by atoms with Gasteiger partial charge in [-0.05, 0) is 24.3 Å². The van der Waals surface area contributed by atoms with Crippen LogP contribution in [0.4, 0.5) is 10.7 Å². The van der Waals surface area contributed by atoms with Crippen LogP contribution in [0.15, 0.2) is 18.5 Å². The first-order valence-corrected chi connectivity index (χ1v) is 9.70. The van der Waals surface area contributed by atoms with Gasteiger partial charge < -0.3 is 20.4 Å². The molecule has 9 nitrogen and oxygen atoms in total. The highest BCUT2D eigenvalue weighted by Crippen LogP contribution is 2.22. The number of rotatable bonds is 7. The molecule has 1 aromatic heterocycles. The number of aromatic nitrogens is 2. The highest BCUT2D eigenvalue weighted by molar-refractivity contribution is 5.87. The van der Waals surface area contributed by atoms with Crippen molar-refractivity contribution >= 4 is 23.5 Å². The third kappa shape index (κ3) is 6.45. The van der Waals surface area contributed by atoms with Gasteiger partial charge in [-0.1, -0.05) is 19.9 Å². The summed E-state index contributed by atoms with van der Waals surface area (Å²) < 4.78 is 0. The molecule has 0 saturated heterocycles. The molecule has 0 bridgehead atoms. The molecule has 0 fully saturated rings. The second-order valence-electron chi connectivity index (χ2n) is 7.60. The zero-order valence-corrected chi connectivity index (χ0v) is 17.5. The molecule has 2 rings (SSSR count). The average molecular weight is 399 g/mol. The van der Waals surface area contributed by atoms with Gasteiger partial charge >= 0.3 is 6.03 Å². The van der Waals surface area contributed by atoms with Crippen molar-refractivity contribution in [3.63, 3.8) is 0 Å². The van der Waals surface area contributed by atoms with Gasteiger partial charge in [-0.25, -0.2) is 14.8 Å². The minimum absolute atomic E-state index is 0.0756. The molecule has 1 aliphatic heterocycles. The predicted octanol–water partition coefficient (Wildman–Crippen LogP) is 1.40. The van der Waals surface area contributed by atoms with Gasteiger partial charge in [-0.3, -0.25) is 4.79 Å². The number of anilines is 1. The van der Waals surface area contributed by atoms with Crippen molar-refractivity contribution in [1.29, 1.82) is 5.26 Å². The van der Waals surface area contributed by atoms with Crippen LogP contribution in [0.2, 0.25) is 0 Å². The fourth-order valence-electron chi connectivity index (χ4n) is 3.03. The highest BCUT2D eigenvalue weighted by atomic mass is 16.2. The third-order valence-corrected chi connectivity index (χ3v) is 4.57. The molecule has 9 heteroatoms. The summed E-state index contributed by atoms with van der Waals surface area (Å²) in [7, 11) is 3.77. The average Bonchev–Trinajstić information content (AvgIpc) is 2.71. The zero-order valence-electron chi connectivity index (χ0n) is 17.5. The van der Waals surface area contributed by atoms with Crippen LogP contribution in [0.3, 0.4) is 0 Å². The normalized spacial score (nSPS) is 14.6. The van der Waals surface area contributed by atoms with Gasteiger partial charge in [0.05, 0.1) is 6.07 Å². The lowest BCUT2D eigenvalue weighted by atomic mass is 10.0. The molecular weight excluding hydrogens is 370 g/mol. The number of carbonyl (C=O) groups is 2. The smallest absolute Gasteiger partial charge is 0.318 e. The fourth-order valence-corrected chi connectivity index (χ4v) is 3.03. The first-order chi connectivity index (χ1) is 13.8. The van der Waals surface area contributed by atoms with E-state index in [1.54, 1.807) is 17.3 Å². The molecule has 3 amide bonds. The molecular formula is C20H29N7O2. The monoisotopic (exact) mass is 399 g/mol. The summed E-state index contributed by atoms with van der Waals surface area (Å²) in [5, 5.41) is 14.0. The standard InChI is InChI=1S/C20H29N7O2/c1-14(2)11-17(18(28)22-8-7-21)25-20(29)27-9-5-15(6-10-27)16-12-23-19(24-13-16)26(3)4/h5,12-14,17H,6,8-11H2,1-4H3,(H,22,28)(H,25,29)/t17-/m0/s1. The van der Waals surface area contributed by atoms with E-state index < -0.39 is 6.04 Å². The Labute approximate surface area is 171 Å². The number of carbonyl (C=O) groups excluding carboxylic acids is 2. The molecule has 156 valence electrons. The molecule has 1 aromatic rings. The molecule has 29 heavy (non-hydrogen) atoms. The fraction of sp³-hybridized carbons (Fsp3) is 0.550. The van der Waals surface area contributed by atoms with Crippen molar-refractivity contribution in [3.05, 3.63) is 24.0 Å². The summed E-state index contributed by atoms with van der Waals surface area (Å²) in [5.41, 5.74) is 2.05. The molecule has 0 saturated carbocycles. The summed E-state index contributed by atoms with van der Waals surface area (Å²) in [6, 6.07) is 0.938. The van der Waals surface area contributed by atoms with Gasteiger partial charge in [0.15, 0.2) is 0 Å². The van der Waals surface area contributed by atoms with Crippen LogP contribution in [0.5, 0.6) is 0 Å². The minimum Gasteiger partial charge on any atom is -0.347 e. The molecule has 2 N–H and O–H groups in total. The maximum Gasteiger partial charge on any atom is 0.318 e. The van der Waals surface area contributed by atoms with Gasteiger partial charge in [-0.15, -0.1) is 0 Å². The van der Waals surface area contributed by atoms with Gasteiger partial charge in [-0.2, -0.15) is 5.26 Å². The first kappa shape index (κ1) is 22.1. The van der Waals surface area contributed by atoms with Gasteiger partial charge in [0.25, 0.3) is 0 Å². The van der Waals surface area contributed by atoms with Crippen molar-refractivity contribution in [2.45, 2.75) is 32.7 Å². The Balaban J connectivity index is 1.98. The number of nitriles is 1. The molecule has 1 aliphatic rings. The van der Waals surface area contributed by atoms with E-state index in [0.717, 1.165) is 11.1 Å². The summed E-state index contributed by atoms with van der Waals surface area (Å²) in [6.45, 7) is 4.88. The maximum atomic E-state index is 12.6. The number of nitrogens with one attached hydrogen (secondary N) is 2. The Morgan fingerprint density at radius 3 is 2.52 bits per heavy atom. The quantitative estimate of drug-likeness (QED) is 0.670. The number of amides is 3. The Morgan fingerprint density at radius 1 is 1.31 bits per heavy atom. The molecule has 0 radical (unpaired) electrons. The van der Waals surface area contributed by atoms with Gasteiger partial charge in [0.1, 0.15) is 12.6 Å². The van der Waals surface area contributed by atoms with Crippen molar-refractivity contribution < 1.29 is 9.59 Å². The number of hydrogen-bond acceptors (Lipinski definition) is 6. The van der Waals surface area contributed by atoms with Crippen molar-refractivity contribution in [2.24, 2.45) is 5.92 Å². The van der Waals surface area contributed by atoms with Crippen LogP contribution in [-0.4, -0.2) is 66.6 Å². The number of urea groups is 1. The minimum atomic E-state index is -0.659. The van der Waals surface area contributed by atoms with Gasteiger partial charge in [0, 0.05) is 45.1 Å². The highest BCUT2D eigenvalue weighted by Gasteiger charge is 2.25. The van der Waals surface area contributed by atoms with E-state index >= 15 is 0 Å². The lowest BCUT2D eigenvalue weighted by Gasteiger charge is -2.29. The molecule has 0 aliphatic carbocycles. The largest absolute Gasteiger partial charge is 0.347 e. The van der Waals surface area contributed by atoms with Crippen LogP contribution in [0.1, 0.15) is 32.3 Å². The second-order valence-corrected chi connectivity index (χ2v) is 7.60. The predicted molar refractivity (Wildman–Crippen MR) is 111 cm³/mol. The van der Waals surface area contributed by atoms with E-state index in [4.69, 9.17) is 5.26 Å². The van der Waals surface area contributed by atoms with E-state index in [-0.39, 0.29) is 24.4 Å². The Bertz CT molecular complexity index is 781. The van der Waals surface area contributed by atoms with Crippen molar-refractivity contribution in [2.75, 3.05) is 38.6 Å². The lowest BCUT2D eigenvalue weighted by Crippen LogP contribution is -2.52. The Hall–Kier alpha value is -3.15. The third-order valence-electron chi connectivity index (χ3n) is 4.57. The molecule has 0 spiro atoms. The van der Waals surface area contributed by atoms with Crippen molar-refractivity contribution in [1.82, 2.24) is 25.5 Å². The second kappa shape index (κ2) is 10.4. The first-order valence-electron chi connectivity index (χ1n) is 9.70. The van der Waals surface area contributed by atoms with Crippen LogP contribution in [0, 0.1) is 17.2 Å². The van der Waals surface area contributed by atoms with Crippen LogP contribution in [0.25, 0.3) is 5.57 Å². The number of nitrogens with zero attached hydrogens (tertiary/aromatic N) is 5. The summed E-state index contributed by atoms with van der Waals surface area (Å²) in [4.78, 5) is 37.1. The molecule has 0 unspecified atom stereocenters. The zero-order chi connectivity index (χ0) is 21.4. The number of hydrogen-bond donors (Lipinski definition) is 2. The van der Waals surface area contributed by atoms with Gasteiger partial charge in [0.2, 0.25) is 11.9 Å². The summed E-state index contributed by atoms with van der Waals surface area (Å²) >= 11 is 0.